The van der Waals surface area contributed by atoms with Crippen LogP contribution in [0.4, 0.5) is 0 Å². The van der Waals surface area contributed by atoms with Gasteiger partial charge in [0.15, 0.2) is 0 Å². The molecule has 0 N–H and O–H groups in total. The number of nitrogens with zero attached hydrogens (tertiary/aromatic N) is 2. The number of hydrogen-bond acceptors (Lipinski definition) is 4. The number of esters is 1. The molecule has 23 heavy (non-hydrogen) atoms. The first kappa shape index (κ1) is 16.5. The lowest BCUT2D eigenvalue weighted by Crippen LogP contribution is -2.05. The maximum Gasteiger partial charge on any atom is 0.338 e. The number of hydrogen-bond donors (Lipinski definition) is 0. The topological polar surface area (TPSA) is 74.4 Å². The van der Waals surface area contributed by atoms with Crippen molar-refractivity contribution in [2.24, 2.45) is 0 Å². The Bertz CT molecular complexity index is 758. The Balaban J connectivity index is 2.35. The van der Waals surface area contributed by atoms with Crippen molar-refractivity contribution in [2.75, 3.05) is 6.61 Å². The summed E-state index contributed by atoms with van der Waals surface area (Å²) in [6, 6.07) is 8.95. The minimum atomic E-state index is -0.486. The third-order valence-electron chi connectivity index (χ3n) is 3.48. The van der Waals surface area contributed by atoms with Gasteiger partial charge in [-0.3, -0.25) is 10.1 Å². The molecule has 120 valence electrons. The van der Waals surface area contributed by atoms with Gasteiger partial charge in [-0.25, -0.2) is 4.79 Å². The van der Waals surface area contributed by atoms with E-state index in [1.165, 1.54) is 6.08 Å². The van der Waals surface area contributed by atoms with E-state index in [0.29, 0.717) is 12.2 Å². The summed E-state index contributed by atoms with van der Waals surface area (Å²) in [7, 11) is 0. The molecule has 0 atom stereocenters. The second kappa shape index (κ2) is 6.91. The van der Waals surface area contributed by atoms with Gasteiger partial charge in [0, 0.05) is 28.7 Å². The van der Waals surface area contributed by atoms with Gasteiger partial charge in [0.2, 0.25) is 6.20 Å². The molecule has 0 unspecified atom stereocenters. The van der Waals surface area contributed by atoms with Gasteiger partial charge < -0.3 is 9.30 Å². The number of rotatable bonds is 5. The summed E-state index contributed by atoms with van der Waals surface area (Å²) in [5.41, 5.74) is 4.01. The van der Waals surface area contributed by atoms with Crippen LogP contribution in [0.3, 0.4) is 0 Å². The van der Waals surface area contributed by atoms with E-state index in [0.717, 1.165) is 28.8 Å². The standard InChI is InChI=1S/C17H18N2O4/c1-4-23-17(20)14-5-7-16(8-6-14)19-12(2)11-15(13(19)3)9-10-18(21)22/h5-11H,4H2,1-3H3/b10-9+. The largest absolute Gasteiger partial charge is 0.462 e. The fourth-order valence-corrected chi connectivity index (χ4v) is 2.46. The van der Waals surface area contributed by atoms with Crippen LogP contribution in [0.25, 0.3) is 11.8 Å². The lowest BCUT2D eigenvalue weighted by molar-refractivity contribution is -0.400. The van der Waals surface area contributed by atoms with Crippen LogP contribution in [0.15, 0.2) is 36.5 Å². The van der Waals surface area contributed by atoms with E-state index >= 15 is 0 Å². The molecule has 0 saturated carbocycles. The number of carbonyl (C=O) groups is 1. The SMILES string of the molecule is CCOC(=O)c1ccc(-n2c(C)cc(/C=C/[N+](=O)[O-])c2C)cc1. The Morgan fingerprint density at radius 2 is 1.96 bits per heavy atom. The van der Waals surface area contributed by atoms with E-state index in [4.69, 9.17) is 4.74 Å². The molecule has 2 rings (SSSR count). The highest BCUT2D eigenvalue weighted by Crippen LogP contribution is 2.22. The molecule has 1 aromatic heterocycles. The third kappa shape index (κ3) is 3.66. The number of aryl methyl sites for hydroxylation is 1. The smallest absolute Gasteiger partial charge is 0.338 e. The van der Waals surface area contributed by atoms with E-state index in [1.54, 1.807) is 19.1 Å². The predicted molar refractivity (Wildman–Crippen MR) is 87.2 cm³/mol. The number of benzene rings is 1. The molecule has 1 aromatic carbocycles. The van der Waals surface area contributed by atoms with Gasteiger partial charge in [-0.05, 0) is 51.1 Å². The molecule has 6 nitrogen and oxygen atoms in total. The molecule has 1 heterocycles. The Hall–Kier alpha value is -2.89. The third-order valence-corrected chi connectivity index (χ3v) is 3.48. The van der Waals surface area contributed by atoms with Crippen molar-refractivity contribution >= 4 is 12.0 Å². The molecular formula is C17H18N2O4. The number of nitro groups is 1. The maximum atomic E-state index is 11.7. The summed E-state index contributed by atoms with van der Waals surface area (Å²) in [4.78, 5) is 21.7. The number of carbonyl (C=O) groups excluding carboxylic acids is 1. The van der Waals surface area contributed by atoms with Crippen molar-refractivity contribution in [3.63, 3.8) is 0 Å². The van der Waals surface area contributed by atoms with E-state index in [-0.39, 0.29) is 5.97 Å². The zero-order chi connectivity index (χ0) is 17.0. The highest BCUT2D eigenvalue weighted by Gasteiger charge is 2.11. The molecular weight excluding hydrogens is 296 g/mol. The van der Waals surface area contributed by atoms with Gasteiger partial charge in [0.05, 0.1) is 17.1 Å². The fraction of sp³-hybridized carbons (Fsp3) is 0.235. The average molecular weight is 314 g/mol. The quantitative estimate of drug-likeness (QED) is 0.481. The lowest BCUT2D eigenvalue weighted by Gasteiger charge is -2.10. The normalized spacial score (nSPS) is 10.9. The Morgan fingerprint density at radius 1 is 1.30 bits per heavy atom. The molecule has 0 fully saturated rings. The summed E-state index contributed by atoms with van der Waals surface area (Å²) in [5.74, 6) is -0.352. The predicted octanol–water partition coefficient (Wildman–Crippen LogP) is 3.52. The first-order chi connectivity index (χ1) is 10.9. The van der Waals surface area contributed by atoms with Crippen LogP contribution in [0.5, 0.6) is 0 Å². The molecule has 0 aliphatic carbocycles. The van der Waals surface area contributed by atoms with Crippen LogP contribution in [0.2, 0.25) is 0 Å². The Kier molecular flexibility index (Phi) is 4.95. The first-order valence-corrected chi connectivity index (χ1v) is 7.22. The lowest BCUT2D eigenvalue weighted by atomic mass is 10.2. The van der Waals surface area contributed by atoms with Gasteiger partial charge in [0.25, 0.3) is 0 Å². The molecule has 0 bridgehead atoms. The van der Waals surface area contributed by atoms with Gasteiger partial charge >= 0.3 is 5.97 Å². The van der Waals surface area contributed by atoms with Crippen molar-refractivity contribution < 1.29 is 14.5 Å². The van der Waals surface area contributed by atoms with Crippen LogP contribution in [0, 0.1) is 24.0 Å². The molecule has 2 aromatic rings. The van der Waals surface area contributed by atoms with Crippen LogP contribution in [0.1, 0.15) is 34.2 Å². The monoisotopic (exact) mass is 314 g/mol. The van der Waals surface area contributed by atoms with Crippen molar-refractivity contribution in [1.29, 1.82) is 0 Å². The highest BCUT2D eigenvalue weighted by molar-refractivity contribution is 5.89. The summed E-state index contributed by atoms with van der Waals surface area (Å²) in [5, 5.41) is 10.5. The summed E-state index contributed by atoms with van der Waals surface area (Å²) < 4.78 is 6.94. The van der Waals surface area contributed by atoms with E-state index in [9.17, 15) is 14.9 Å². The fourth-order valence-electron chi connectivity index (χ4n) is 2.46. The Morgan fingerprint density at radius 3 is 2.52 bits per heavy atom. The second-order valence-corrected chi connectivity index (χ2v) is 5.03. The van der Waals surface area contributed by atoms with Crippen LogP contribution < -0.4 is 0 Å². The van der Waals surface area contributed by atoms with Gasteiger partial charge in [-0.1, -0.05) is 0 Å². The average Bonchev–Trinajstić information content (AvgIpc) is 2.80. The molecule has 6 heteroatoms. The van der Waals surface area contributed by atoms with E-state index in [2.05, 4.69) is 0 Å². The minimum Gasteiger partial charge on any atom is -0.462 e. The van der Waals surface area contributed by atoms with Gasteiger partial charge in [0.1, 0.15) is 0 Å². The molecule has 0 aliphatic rings. The van der Waals surface area contributed by atoms with Crippen LogP contribution in [-0.4, -0.2) is 22.1 Å². The Labute approximate surface area is 134 Å². The summed E-state index contributed by atoms with van der Waals surface area (Å²) in [6.07, 6.45) is 2.40. The zero-order valence-electron chi connectivity index (χ0n) is 13.3. The van der Waals surface area contributed by atoms with Crippen molar-refractivity contribution in [3.05, 3.63) is 69.2 Å². The van der Waals surface area contributed by atoms with Crippen molar-refractivity contribution in [3.8, 4) is 5.69 Å². The molecule has 0 saturated heterocycles. The molecule has 0 spiro atoms. The molecule has 0 radical (unpaired) electrons. The van der Waals surface area contributed by atoms with Crippen LogP contribution >= 0.6 is 0 Å². The maximum absolute atomic E-state index is 11.7. The van der Waals surface area contributed by atoms with Gasteiger partial charge in [-0.2, -0.15) is 0 Å². The number of aromatic nitrogens is 1. The zero-order valence-corrected chi connectivity index (χ0v) is 13.3. The molecule has 0 aliphatic heterocycles. The van der Waals surface area contributed by atoms with E-state index in [1.807, 2.05) is 36.6 Å². The first-order valence-electron chi connectivity index (χ1n) is 7.22. The van der Waals surface area contributed by atoms with Gasteiger partial charge in [-0.15, -0.1) is 0 Å². The second-order valence-electron chi connectivity index (χ2n) is 5.03. The van der Waals surface area contributed by atoms with Crippen molar-refractivity contribution in [2.45, 2.75) is 20.8 Å². The summed E-state index contributed by atoms with van der Waals surface area (Å²) >= 11 is 0. The van der Waals surface area contributed by atoms with Crippen molar-refractivity contribution in [1.82, 2.24) is 4.57 Å². The summed E-state index contributed by atoms with van der Waals surface area (Å²) in [6.45, 7) is 5.92. The van der Waals surface area contributed by atoms with Crippen LogP contribution in [-0.2, 0) is 4.74 Å². The number of ether oxygens (including phenoxy) is 1. The highest BCUT2D eigenvalue weighted by atomic mass is 16.6. The van der Waals surface area contributed by atoms with E-state index < -0.39 is 4.92 Å². The minimum absolute atomic E-state index is 0.336. The molecule has 0 amide bonds.